The maximum absolute atomic E-state index is 5.37. The topological polar surface area (TPSA) is 34.6 Å². The monoisotopic (exact) mass is 534 g/mol. The minimum atomic E-state index is 0.857. The molecule has 6 aromatic carbocycles. The molecule has 0 saturated heterocycles. The van der Waals surface area contributed by atoms with Gasteiger partial charge in [-0.2, -0.15) is 0 Å². The molecule has 0 bridgehead atoms. The van der Waals surface area contributed by atoms with E-state index in [1.165, 1.54) is 43.7 Å². The molecule has 0 N–H and O–H groups in total. The van der Waals surface area contributed by atoms with Crippen LogP contribution in [0.25, 0.3) is 87.8 Å². The molecule has 0 atom stereocenters. The van der Waals surface area contributed by atoms with Gasteiger partial charge in [-0.1, -0.05) is 97.1 Å². The summed E-state index contributed by atoms with van der Waals surface area (Å²) in [5, 5.41) is 5.96. The lowest BCUT2D eigenvalue weighted by Crippen LogP contribution is -1.98. The van der Waals surface area contributed by atoms with E-state index in [0.29, 0.717) is 0 Å². The molecule has 4 aromatic heterocycles. The van der Waals surface area contributed by atoms with Crippen molar-refractivity contribution < 1.29 is 0 Å². The third-order valence-electron chi connectivity index (χ3n) is 8.82. The lowest BCUT2D eigenvalue weighted by molar-refractivity contribution is 1.24. The van der Waals surface area contributed by atoms with E-state index in [2.05, 4.69) is 130 Å². The van der Waals surface area contributed by atoms with Crippen molar-refractivity contribution in [3.63, 3.8) is 0 Å². The van der Waals surface area contributed by atoms with E-state index in [0.717, 1.165) is 44.1 Å². The highest BCUT2D eigenvalue weighted by molar-refractivity contribution is 6.29. The molecule has 194 valence electrons. The van der Waals surface area contributed by atoms with Crippen LogP contribution in [0.1, 0.15) is 0 Å². The van der Waals surface area contributed by atoms with Gasteiger partial charge in [0.1, 0.15) is 5.52 Å². The van der Waals surface area contributed by atoms with Crippen molar-refractivity contribution in [2.24, 2.45) is 0 Å². The molecule has 0 aliphatic rings. The van der Waals surface area contributed by atoms with E-state index in [-0.39, 0.29) is 0 Å². The van der Waals surface area contributed by atoms with Crippen molar-refractivity contribution in [1.82, 2.24) is 18.8 Å². The molecular formula is C38H22N4. The van der Waals surface area contributed by atoms with Gasteiger partial charge in [-0.25, -0.2) is 9.97 Å². The van der Waals surface area contributed by atoms with Crippen LogP contribution in [0.3, 0.4) is 0 Å². The maximum atomic E-state index is 5.37. The van der Waals surface area contributed by atoms with Crippen LogP contribution in [0.2, 0.25) is 0 Å². The minimum absolute atomic E-state index is 0.857. The highest BCUT2D eigenvalue weighted by Gasteiger charge is 2.24. The summed E-state index contributed by atoms with van der Waals surface area (Å²) in [5.74, 6) is 0. The zero-order valence-electron chi connectivity index (χ0n) is 22.5. The lowest BCUT2D eigenvalue weighted by atomic mass is 9.96. The molecule has 0 fully saturated rings. The van der Waals surface area contributed by atoms with E-state index < -0.39 is 0 Å². The molecule has 10 rings (SSSR count). The third-order valence-corrected chi connectivity index (χ3v) is 8.82. The molecule has 0 saturated carbocycles. The molecule has 10 aromatic rings. The maximum Gasteiger partial charge on any atom is 0.165 e. The second-order valence-corrected chi connectivity index (χ2v) is 11.0. The Labute approximate surface area is 239 Å². The second kappa shape index (κ2) is 7.93. The lowest BCUT2D eigenvalue weighted by Gasteiger charge is -2.12. The van der Waals surface area contributed by atoms with E-state index in [4.69, 9.17) is 9.97 Å². The molecule has 0 spiro atoms. The van der Waals surface area contributed by atoms with Crippen molar-refractivity contribution in [1.29, 1.82) is 0 Å². The highest BCUT2D eigenvalue weighted by atomic mass is 15.0. The Bertz CT molecular complexity index is 2730. The molecule has 42 heavy (non-hydrogen) atoms. The number of hydrogen-bond donors (Lipinski definition) is 0. The smallest absolute Gasteiger partial charge is 0.165 e. The molecule has 4 heterocycles. The highest BCUT2D eigenvalue weighted by Crippen LogP contribution is 2.45. The van der Waals surface area contributed by atoms with Crippen LogP contribution in [-0.4, -0.2) is 18.8 Å². The summed E-state index contributed by atoms with van der Waals surface area (Å²) >= 11 is 0. The number of aromatic nitrogens is 4. The summed E-state index contributed by atoms with van der Waals surface area (Å²) in [5.41, 5.74) is 11.7. The van der Waals surface area contributed by atoms with Crippen LogP contribution in [0, 0.1) is 0 Å². The molecule has 4 heteroatoms. The number of benzene rings is 6. The first kappa shape index (κ1) is 22.0. The first-order valence-corrected chi connectivity index (χ1v) is 14.3. The van der Waals surface area contributed by atoms with E-state index in [1.807, 2.05) is 12.1 Å². The van der Waals surface area contributed by atoms with Gasteiger partial charge in [0.15, 0.2) is 5.65 Å². The number of para-hydroxylation sites is 5. The van der Waals surface area contributed by atoms with E-state index in [9.17, 15) is 0 Å². The quantitative estimate of drug-likeness (QED) is 0.210. The fourth-order valence-corrected chi connectivity index (χ4v) is 7.11. The second-order valence-electron chi connectivity index (χ2n) is 11.0. The number of fused-ring (bicyclic) bond motifs is 12. The van der Waals surface area contributed by atoms with Crippen LogP contribution in [0.5, 0.6) is 0 Å². The van der Waals surface area contributed by atoms with Crippen molar-refractivity contribution in [3.05, 3.63) is 133 Å². The van der Waals surface area contributed by atoms with Crippen molar-refractivity contribution in [2.45, 2.75) is 0 Å². The normalized spacial score (nSPS) is 12.3. The van der Waals surface area contributed by atoms with Crippen LogP contribution in [0.15, 0.2) is 133 Å². The summed E-state index contributed by atoms with van der Waals surface area (Å²) in [6, 6.07) is 47.5. The Morgan fingerprint density at radius 1 is 0.429 bits per heavy atom. The minimum Gasteiger partial charge on any atom is -0.306 e. The average Bonchev–Trinajstić information content (AvgIpc) is 3.57. The molecule has 0 aliphatic carbocycles. The van der Waals surface area contributed by atoms with Gasteiger partial charge in [0.2, 0.25) is 0 Å². The van der Waals surface area contributed by atoms with Crippen LogP contribution in [0.4, 0.5) is 0 Å². The van der Waals surface area contributed by atoms with E-state index >= 15 is 0 Å². The molecule has 0 unspecified atom stereocenters. The summed E-state index contributed by atoms with van der Waals surface area (Å²) in [4.78, 5) is 10.7. The standard InChI is InChI=1S/C38H22N4/c1-2-12-23(13-3-1)27-22-28-24-14-4-9-19-31(24)41-33-21-11-6-16-26(33)35-38(40-30-18-8-7-17-29(30)39-35)42-32-20-10-5-15-25(32)34(27)37(42)36(28)41/h1-22H. The first-order valence-electron chi connectivity index (χ1n) is 14.3. The van der Waals surface area contributed by atoms with Gasteiger partial charge >= 0.3 is 0 Å². The third kappa shape index (κ3) is 2.71. The van der Waals surface area contributed by atoms with Crippen LogP contribution in [-0.2, 0) is 0 Å². The Kier molecular flexibility index (Phi) is 4.15. The summed E-state index contributed by atoms with van der Waals surface area (Å²) in [6.07, 6.45) is 0. The van der Waals surface area contributed by atoms with Crippen LogP contribution >= 0.6 is 0 Å². The van der Waals surface area contributed by atoms with Gasteiger partial charge in [-0.3, -0.25) is 4.40 Å². The predicted octanol–water partition coefficient (Wildman–Crippen LogP) is 9.57. The van der Waals surface area contributed by atoms with Gasteiger partial charge in [-0.15, -0.1) is 0 Å². The van der Waals surface area contributed by atoms with Gasteiger partial charge in [0, 0.05) is 26.9 Å². The largest absolute Gasteiger partial charge is 0.306 e. The zero-order valence-corrected chi connectivity index (χ0v) is 22.5. The Morgan fingerprint density at radius 2 is 1.00 bits per heavy atom. The Morgan fingerprint density at radius 3 is 1.76 bits per heavy atom. The number of nitrogens with zero attached hydrogens (tertiary/aromatic N) is 4. The van der Waals surface area contributed by atoms with Gasteiger partial charge in [0.25, 0.3) is 0 Å². The van der Waals surface area contributed by atoms with Gasteiger partial charge in [0.05, 0.1) is 38.6 Å². The summed E-state index contributed by atoms with van der Waals surface area (Å²) < 4.78 is 4.83. The molecule has 0 aliphatic heterocycles. The predicted molar refractivity (Wildman–Crippen MR) is 174 cm³/mol. The van der Waals surface area contributed by atoms with Crippen LogP contribution < -0.4 is 0 Å². The zero-order chi connectivity index (χ0) is 27.4. The first-order chi connectivity index (χ1) is 20.9. The Hall–Kier alpha value is -5.74. The Balaban J connectivity index is 1.67. The fourth-order valence-electron chi connectivity index (χ4n) is 7.11. The number of rotatable bonds is 1. The van der Waals surface area contributed by atoms with Crippen molar-refractivity contribution >= 4 is 76.7 Å². The van der Waals surface area contributed by atoms with Gasteiger partial charge < -0.3 is 4.40 Å². The summed E-state index contributed by atoms with van der Waals surface area (Å²) in [7, 11) is 0. The molecule has 4 nitrogen and oxygen atoms in total. The summed E-state index contributed by atoms with van der Waals surface area (Å²) in [6.45, 7) is 0. The molecular weight excluding hydrogens is 512 g/mol. The fraction of sp³-hybridized carbons (Fsp3) is 0. The number of hydrogen-bond acceptors (Lipinski definition) is 2. The van der Waals surface area contributed by atoms with E-state index in [1.54, 1.807) is 0 Å². The molecule has 0 amide bonds. The van der Waals surface area contributed by atoms with Gasteiger partial charge in [-0.05, 0) is 47.5 Å². The average molecular weight is 535 g/mol. The van der Waals surface area contributed by atoms with Crippen molar-refractivity contribution in [3.8, 4) is 11.1 Å². The molecule has 0 radical (unpaired) electrons. The SMILES string of the molecule is c1ccc(-c2cc3c4ccccc4n4c5ccccc5c5nc6ccccc6nc5n5c6ccccc6c2c5c34)cc1. The van der Waals surface area contributed by atoms with Crippen molar-refractivity contribution in [2.75, 3.05) is 0 Å².